The third-order valence-corrected chi connectivity index (χ3v) is 3.27. The van der Waals surface area contributed by atoms with Crippen LogP contribution in [0.15, 0.2) is 28.8 Å². The van der Waals surface area contributed by atoms with Crippen molar-refractivity contribution in [1.29, 1.82) is 0 Å². The van der Waals surface area contributed by atoms with Crippen LogP contribution in [0.1, 0.15) is 36.7 Å². The number of hydrogen-bond donors (Lipinski definition) is 1. The first-order valence-corrected chi connectivity index (χ1v) is 6.39. The molecule has 18 heavy (non-hydrogen) atoms. The van der Waals surface area contributed by atoms with Crippen molar-refractivity contribution >= 4 is 6.01 Å². The Hall–Kier alpha value is -1.84. The van der Waals surface area contributed by atoms with Gasteiger partial charge in [0.15, 0.2) is 5.82 Å². The van der Waals surface area contributed by atoms with Gasteiger partial charge in [-0.1, -0.05) is 29.4 Å². The van der Waals surface area contributed by atoms with E-state index in [9.17, 15) is 0 Å². The maximum Gasteiger partial charge on any atom is 0.321 e. The molecule has 1 aromatic heterocycles. The van der Waals surface area contributed by atoms with Gasteiger partial charge in [0.2, 0.25) is 0 Å². The highest BCUT2D eigenvalue weighted by atomic mass is 16.5. The molecule has 3 rings (SSSR count). The van der Waals surface area contributed by atoms with E-state index in [1.54, 1.807) is 0 Å². The highest BCUT2D eigenvalue weighted by Crippen LogP contribution is 2.32. The maximum absolute atomic E-state index is 5.21. The summed E-state index contributed by atoms with van der Waals surface area (Å²) in [6.07, 6.45) is 2.02. The lowest BCUT2D eigenvalue weighted by Gasteiger charge is -2.03. The zero-order valence-electron chi connectivity index (χ0n) is 10.7. The number of nitrogens with one attached hydrogen (secondary N) is 1. The number of anilines is 1. The summed E-state index contributed by atoms with van der Waals surface area (Å²) in [5.74, 6) is 1.17. The average molecular weight is 243 g/mol. The van der Waals surface area contributed by atoms with Crippen LogP contribution in [-0.2, 0) is 12.8 Å². The molecule has 1 heterocycles. The second-order valence-corrected chi connectivity index (χ2v) is 5.13. The number of hydrogen-bond acceptors (Lipinski definition) is 4. The molecule has 94 valence electrons. The minimum Gasteiger partial charge on any atom is -0.336 e. The van der Waals surface area contributed by atoms with Gasteiger partial charge in [-0.05, 0) is 37.8 Å². The van der Waals surface area contributed by atoms with E-state index in [2.05, 4.69) is 53.6 Å². The van der Waals surface area contributed by atoms with E-state index in [-0.39, 0.29) is 0 Å². The zero-order valence-corrected chi connectivity index (χ0v) is 10.7. The predicted octanol–water partition coefficient (Wildman–Crippen LogP) is 2.77. The molecule has 0 bridgehead atoms. The van der Waals surface area contributed by atoms with Crippen LogP contribution in [0, 0.1) is 0 Å². The van der Waals surface area contributed by atoms with Crippen molar-refractivity contribution in [3.8, 4) is 0 Å². The molecule has 4 nitrogen and oxygen atoms in total. The molecular weight excluding hydrogens is 226 g/mol. The monoisotopic (exact) mass is 243 g/mol. The van der Waals surface area contributed by atoms with Crippen LogP contribution in [0.25, 0.3) is 0 Å². The molecule has 1 aromatic carbocycles. The van der Waals surface area contributed by atoms with Crippen molar-refractivity contribution in [1.82, 2.24) is 10.1 Å². The van der Waals surface area contributed by atoms with Crippen LogP contribution in [0.2, 0.25) is 0 Å². The minimum absolute atomic E-state index is 0.305. The third-order valence-electron chi connectivity index (χ3n) is 3.27. The van der Waals surface area contributed by atoms with Crippen molar-refractivity contribution in [2.24, 2.45) is 0 Å². The lowest BCUT2D eigenvalue weighted by atomic mass is 10.1. The van der Waals surface area contributed by atoms with Gasteiger partial charge >= 0.3 is 6.01 Å². The molecule has 0 unspecified atom stereocenters. The Kier molecular flexibility index (Phi) is 2.78. The summed E-state index contributed by atoms with van der Waals surface area (Å²) in [4.78, 5) is 4.43. The summed E-state index contributed by atoms with van der Waals surface area (Å²) in [5, 5.41) is 7.22. The molecule has 1 aliphatic carbocycles. The third kappa shape index (κ3) is 2.10. The van der Waals surface area contributed by atoms with Crippen LogP contribution in [0.5, 0.6) is 0 Å². The second-order valence-electron chi connectivity index (χ2n) is 5.13. The molecule has 4 heteroatoms. The predicted molar refractivity (Wildman–Crippen MR) is 69.6 cm³/mol. The normalized spacial score (nSPS) is 15.1. The van der Waals surface area contributed by atoms with Gasteiger partial charge in [0.1, 0.15) is 0 Å². The Labute approximate surface area is 106 Å². The lowest BCUT2D eigenvalue weighted by Crippen LogP contribution is -2.10. The number of fused-ring (bicyclic) bond motifs is 1. The first-order valence-electron chi connectivity index (χ1n) is 6.39. The van der Waals surface area contributed by atoms with Gasteiger partial charge in [-0.2, -0.15) is 4.98 Å². The number of nitrogens with zero attached hydrogens (tertiary/aromatic N) is 2. The molecule has 2 aromatic rings. The highest BCUT2D eigenvalue weighted by molar-refractivity contribution is 5.35. The van der Waals surface area contributed by atoms with E-state index in [1.165, 1.54) is 11.1 Å². The van der Waals surface area contributed by atoms with Gasteiger partial charge in [0, 0.05) is 12.0 Å². The fourth-order valence-electron chi connectivity index (χ4n) is 2.45. The standard InChI is InChI=1S/C14H17N3O/c1-9(2)15-14-16-13(17-18-14)12-7-10-5-3-4-6-11(10)8-12/h3-6,9,12H,7-8H2,1-2H3,(H,15,16,17). The molecule has 0 fully saturated rings. The van der Waals surface area contributed by atoms with Crippen molar-refractivity contribution in [2.75, 3.05) is 5.32 Å². The highest BCUT2D eigenvalue weighted by Gasteiger charge is 2.26. The Morgan fingerprint density at radius 2 is 1.89 bits per heavy atom. The molecule has 0 atom stereocenters. The van der Waals surface area contributed by atoms with Crippen LogP contribution >= 0.6 is 0 Å². The Balaban J connectivity index is 1.76. The van der Waals surface area contributed by atoms with E-state index < -0.39 is 0 Å². The summed E-state index contributed by atoms with van der Waals surface area (Å²) in [5.41, 5.74) is 2.82. The van der Waals surface area contributed by atoms with E-state index >= 15 is 0 Å². The minimum atomic E-state index is 0.305. The summed E-state index contributed by atoms with van der Waals surface area (Å²) >= 11 is 0. The average Bonchev–Trinajstić information content (AvgIpc) is 2.93. The van der Waals surface area contributed by atoms with E-state index in [1.807, 2.05) is 0 Å². The summed E-state index contributed by atoms with van der Waals surface area (Å²) in [6.45, 7) is 4.10. The molecular formula is C14H17N3O. The quantitative estimate of drug-likeness (QED) is 0.900. The van der Waals surface area contributed by atoms with Crippen molar-refractivity contribution in [3.05, 3.63) is 41.2 Å². The fourth-order valence-corrected chi connectivity index (χ4v) is 2.45. The Morgan fingerprint density at radius 1 is 1.22 bits per heavy atom. The van der Waals surface area contributed by atoms with Crippen molar-refractivity contribution in [3.63, 3.8) is 0 Å². The summed E-state index contributed by atoms with van der Waals surface area (Å²) < 4.78 is 5.21. The maximum atomic E-state index is 5.21. The first-order chi connectivity index (χ1) is 8.72. The van der Waals surface area contributed by atoms with Gasteiger partial charge in [-0.15, -0.1) is 0 Å². The van der Waals surface area contributed by atoms with Gasteiger partial charge in [0.25, 0.3) is 0 Å². The molecule has 0 spiro atoms. The molecule has 1 aliphatic rings. The Morgan fingerprint density at radius 3 is 2.50 bits per heavy atom. The molecule has 1 N–H and O–H groups in total. The number of rotatable bonds is 3. The van der Waals surface area contributed by atoms with Crippen LogP contribution in [0.4, 0.5) is 6.01 Å². The van der Waals surface area contributed by atoms with Crippen LogP contribution in [0.3, 0.4) is 0 Å². The topological polar surface area (TPSA) is 51.0 Å². The zero-order chi connectivity index (χ0) is 12.5. The van der Waals surface area contributed by atoms with Gasteiger partial charge < -0.3 is 9.84 Å². The number of aromatic nitrogens is 2. The lowest BCUT2D eigenvalue weighted by molar-refractivity contribution is 0.414. The Bertz CT molecular complexity index is 522. The fraction of sp³-hybridized carbons (Fsp3) is 0.429. The van der Waals surface area contributed by atoms with E-state index in [0.29, 0.717) is 18.0 Å². The second kappa shape index (κ2) is 4.44. The van der Waals surface area contributed by atoms with Gasteiger partial charge in [0.05, 0.1) is 0 Å². The van der Waals surface area contributed by atoms with Crippen molar-refractivity contribution < 1.29 is 4.52 Å². The van der Waals surface area contributed by atoms with Gasteiger partial charge in [-0.25, -0.2) is 0 Å². The molecule has 0 saturated heterocycles. The number of benzene rings is 1. The van der Waals surface area contributed by atoms with E-state index in [4.69, 9.17) is 4.52 Å². The summed E-state index contributed by atoms with van der Waals surface area (Å²) in [6, 6.07) is 9.37. The molecule has 0 saturated carbocycles. The first kappa shape index (κ1) is 11.3. The van der Waals surface area contributed by atoms with E-state index in [0.717, 1.165) is 18.7 Å². The summed E-state index contributed by atoms with van der Waals surface area (Å²) in [7, 11) is 0. The largest absolute Gasteiger partial charge is 0.336 e. The molecule has 0 radical (unpaired) electrons. The SMILES string of the molecule is CC(C)Nc1nc(C2Cc3ccccc3C2)no1. The van der Waals surface area contributed by atoms with Gasteiger partial charge in [-0.3, -0.25) is 0 Å². The van der Waals surface area contributed by atoms with Crippen LogP contribution in [-0.4, -0.2) is 16.2 Å². The molecule has 0 amide bonds. The van der Waals surface area contributed by atoms with Crippen LogP contribution < -0.4 is 5.32 Å². The van der Waals surface area contributed by atoms with Crippen molar-refractivity contribution in [2.45, 2.75) is 38.6 Å². The smallest absolute Gasteiger partial charge is 0.321 e. The molecule has 0 aliphatic heterocycles.